The van der Waals surface area contributed by atoms with Crippen LogP contribution in [0.4, 0.5) is 4.39 Å². The van der Waals surface area contributed by atoms with Crippen molar-refractivity contribution in [2.24, 2.45) is 0 Å². The van der Waals surface area contributed by atoms with Crippen molar-refractivity contribution in [1.29, 1.82) is 0 Å². The minimum atomic E-state index is -4.05. The van der Waals surface area contributed by atoms with Gasteiger partial charge in [0, 0.05) is 0 Å². The topological polar surface area (TPSA) is 63.6 Å². The minimum Gasteiger partial charge on any atom is -0.492 e. The third-order valence-electron chi connectivity index (χ3n) is 3.05. The average Bonchev–Trinajstić information content (AvgIpc) is 2.27. The van der Waals surface area contributed by atoms with Crippen molar-refractivity contribution in [2.75, 3.05) is 12.4 Å². The molecule has 0 atom stereocenters. The molecule has 0 aliphatic rings. The molecule has 0 saturated heterocycles. The number of hydrogen-bond acceptors (Lipinski definition) is 3. The standard InChI is InChI=1S/C12H17FO4S/c1-7-9(3)12(10(4)8(2)11(7)13)17-5-6-18(14,15)16/h5-6H2,1-4H3,(H,14,15,16). The van der Waals surface area contributed by atoms with E-state index in [-0.39, 0.29) is 12.4 Å². The van der Waals surface area contributed by atoms with Crippen molar-refractivity contribution in [3.8, 4) is 5.75 Å². The molecule has 0 amide bonds. The molecule has 6 heteroatoms. The van der Waals surface area contributed by atoms with Crippen molar-refractivity contribution in [3.05, 3.63) is 28.1 Å². The van der Waals surface area contributed by atoms with Crippen LogP contribution in [0.1, 0.15) is 22.3 Å². The quantitative estimate of drug-likeness (QED) is 0.857. The molecule has 0 fully saturated rings. The van der Waals surface area contributed by atoms with Crippen molar-refractivity contribution < 1.29 is 22.1 Å². The van der Waals surface area contributed by atoms with E-state index in [0.29, 0.717) is 28.0 Å². The molecule has 1 aromatic carbocycles. The van der Waals surface area contributed by atoms with Gasteiger partial charge in [-0.05, 0) is 49.9 Å². The molecule has 0 heterocycles. The number of halogens is 1. The van der Waals surface area contributed by atoms with E-state index in [1.807, 2.05) is 0 Å². The Morgan fingerprint density at radius 3 is 1.89 bits per heavy atom. The summed E-state index contributed by atoms with van der Waals surface area (Å²) in [6, 6.07) is 0. The zero-order valence-corrected chi connectivity index (χ0v) is 11.7. The lowest BCUT2D eigenvalue weighted by atomic mass is 9.99. The first-order valence-electron chi connectivity index (χ1n) is 5.49. The molecule has 1 rings (SSSR count). The van der Waals surface area contributed by atoms with Crippen molar-refractivity contribution in [3.63, 3.8) is 0 Å². The third-order valence-corrected chi connectivity index (χ3v) is 3.73. The molecular formula is C12H17FO4S. The molecule has 0 spiro atoms. The summed E-state index contributed by atoms with van der Waals surface area (Å²) in [5.74, 6) is -0.274. The highest BCUT2D eigenvalue weighted by molar-refractivity contribution is 7.85. The SMILES string of the molecule is Cc1c(C)c(OCCS(=O)(=O)O)c(C)c(C)c1F. The maximum absolute atomic E-state index is 13.8. The number of benzene rings is 1. The van der Waals surface area contributed by atoms with Crippen LogP contribution in [-0.2, 0) is 10.1 Å². The lowest BCUT2D eigenvalue weighted by Crippen LogP contribution is -2.14. The molecule has 0 aliphatic carbocycles. The van der Waals surface area contributed by atoms with Gasteiger partial charge in [0.05, 0.1) is 0 Å². The first-order chi connectivity index (χ1) is 8.15. The summed E-state index contributed by atoms with van der Waals surface area (Å²) in [5, 5.41) is 0. The van der Waals surface area contributed by atoms with Crippen LogP contribution in [0.2, 0.25) is 0 Å². The zero-order valence-electron chi connectivity index (χ0n) is 10.9. The number of ether oxygens (including phenoxy) is 1. The van der Waals surface area contributed by atoms with Crippen molar-refractivity contribution in [1.82, 2.24) is 0 Å². The second-order valence-corrected chi connectivity index (χ2v) is 5.85. The molecule has 0 aromatic heterocycles. The van der Waals surface area contributed by atoms with Gasteiger partial charge in [-0.3, -0.25) is 4.55 Å². The zero-order chi connectivity index (χ0) is 14.1. The van der Waals surface area contributed by atoms with Crippen LogP contribution in [0, 0.1) is 33.5 Å². The van der Waals surface area contributed by atoms with Gasteiger partial charge in [-0.25, -0.2) is 4.39 Å². The summed E-state index contributed by atoms with van der Waals surface area (Å²) in [6.07, 6.45) is 0. The van der Waals surface area contributed by atoms with Gasteiger partial charge in [0.25, 0.3) is 10.1 Å². The van der Waals surface area contributed by atoms with Crippen LogP contribution in [0.3, 0.4) is 0 Å². The Morgan fingerprint density at radius 2 is 1.50 bits per heavy atom. The summed E-state index contributed by atoms with van der Waals surface area (Å²) in [5.41, 5.74) is 2.26. The van der Waals surface area contributed by atoms with Gasteiger partial charge in [-0.1, -0.05) is 0 Å². The summed E-state index contributed by atoms with van der Waals surface area (Å²) >= 11 is 0. The lowest BCUT2D eigenvalue weighted by Gasteiger charge is -2.17. The highest BCUT2D eigenvalue weighted by Crippen LogP contribution is 2.31. The number of rotatable bonds is 4. The van der Waals surface area contributed by atoms with Crippen LogP contribution < -0.4 is 4.74 Å². The Balaban J connectivity index is 3.03. The normalized spacial score (nSPS) is 11.7. The monoisotopic (exact) mass is 276 g/mol. The van der Waals surface area contributed by atoms with Crippen LogP contribution in [0.5, 0.6) is 5.75 Å². The Morgan fingerprint density at radius 1 is 1.06 bits per heavy atom. The van der Waals surface area contributed by atoms with E-state index in [1.165, 1.54) is 0 Å². The predicted octanol–water partition coefficient (Wildman–Crippen LogP) is 2.33. The highest BCUT2D eigenvalue weighted by atomic mass is 32.2. The summed E-state index contributed by atoms with van der Waals surface area (Å²) in [4.78, 5) is 0. The first kappa shape index (κ1) is 14.9. The smallest absolute Gasteiger partial charge is 0.268 e. The highest BCUT2D eigenvalue weighted by Gasteiger charge is 2.16. The van der Waals surface area contributed by atoms with Crippen LogP contribution in [-0.4, -0.2) is 25.3 Å². The Bertz CT molecular complexity index is 535. The molecule has 0 bridgehead atoms. The van der Waals surface area contributed by atoms with Crippen LogP contribution >= 0.6 is 0 Å². The lowest BCUT2D eigenvalue weighted by molar-refractivity contribution is 0.330. The fourth-order valence-corrected chi connectivity index (χ4v) is 1.99. The van der Waals surface area contributed by atoms with E-state index >= 15 is 0 Å². The van der Waals surface area contributed by atoms with Crippen LogP contribution in [0.25, 0.3) is 0 Å². The van der Waals surface area contributed by atoms with Crippen LogP contribution in [0.15, 0.2) is 0 Å². The maximum Gasteiger partial charge on any atom is 0.268 e. The number of hydrogen-bond donors (Lipinski definition) is 1. The molecule has 1 N–H and O–H groups in total. The average molecular weight is 276 g/mol. The van der Waals surface area contributed by atoms with Gasteiger partial charge in [0.1, 0.15) is 23.9 Å². The van der Waals surface area contributed by atoms with Gasteiger partial charge in [-0.2, -0.15) is 8.42 Å². The molecule has 102 valence electrons. The first-order valence-corrected chi connectivity index (χ1v) is 7.10. The van der Waals surface area contributed by atoms with Crippen molar-refractivity contribution >= 4 is 10.1 Å². The van der Waals surface area contributed by atoms with E-state index in [9.17, 15) is 12.8 Å². The molecule has 0 saturated carbocycles. The van der Waals surface area contributed by atoms with Crippen molar-refractivity contribution in [2.45, 2.75) is 27.7 Å². The minimum absolute atomic E-state index is 0.162. The van der Waals surface area contributed by atoms with Gasteiger partial charge in [0.2, 0.25) is 0 Å². The van der Waals surface area contributed by atoms with Gasteiger partial charge in [-0.15, -0.1) is 0 Å². The Hall–Kier alpha value is -1.14. The molecule has 0 unspecified atom stereocenters. The Kier molecular flexibility index (Phi) is 4.34. The molecule has 0 aliphatic heterocycles. The summed E-state index contributed by atoms with van der Waals surface area (Å²) in [6.45, 7) is 6.56. The molecule has 1 aromatic rings. The second kappa shape index (κ2) is 5.24. The fraction of sp³-hybridized carbons (Fsp3) is 0.500. The van der Waals surface area contributed by atoms with E-state index < -0.39 is 15.9 Å². The molecule has 18 heavy (non-hydrogen) atoms. The van der Waals surface area contributed by atoms with E-state index in [0.717, 1.165) is 0 Å². The largest absolute Gasteiger partial charge is 0.492 e. The van der Waals surface area contributed by atoms with Gasteiger partial charge >= 0.3 is 0 Å². The predicted molar refractivity (Wildman–Crippen MR) is 67.3 cm³/mol. The van der Waals surface area contributed by atoms with E-state index in [1.54, 1.807) is 27.7 Å². The molecule has 0 radical (unpaired) electrons. The third kappa shape index (κ3) is 3.20. The van der Waals surface area contributed by atoms with Gasteiger partial charge in [0.15, 0.2) is 0 Å². The maximum atomic E-state index is 13.8. The second-order valence-electron chi connectivity index (χ2n) is 4.28. The Labute approximate surface area is 107 Å². The van der Waals surface area contributed by atoms with E-state index in [2.05, 4.69) is 0 Å². The molecular weight excluding hydrogens is 259 g/mol. The summed E-state index contributed by atoms with van der Waals surface area (Å²) < 4.78 is 48.9. The van der Waals surface area contributed by atoms with E-state index in [4.69, 9.17) is 9.29 Å². The van der Waals surface area contributed by atoms with Gasteiger partial charge < -0.3 is 4.74 Å². The fourth-order valence-electron chi connectivity index (χ4n) is 1.70. The summed E-state index contributed by atoms with van der Waals surface area (Å²) in [7, 11) is -4.05. The molecule has 4 nitrogen and oxygen atoms in total.